The van der Waals surface area contributed by atoms with Gasteiger partial charge in [0.05, 0.1) is 6.07 Å². The molecule has 1 aromatic rings. The number of rotatable bonds is 4. The van der Waals surface area contributed by atoms with Crippen LogP contribution in [-0.2, 0) is 0 Å². The van der Waals surface area contributed by atoms with E-state index in [4.69, 9.17) is 15.3 Å². The molecule has 3 nitrogen and oxygen atoms in total. The molecule has 3 heteroatoms. The smallest absolute Gasteiger partial charge is 0.174 e. The Labute approximate surface area is 89.5 Å². The number of hydrogen-bond donors (Lipinski definition) is 0. The van der Waals surface area contributed by atoms with Crippen molar-refractivity contribution >= 4 is 0 Å². The zero-order valence-corrected chi connectivity index (χ0v) is 8.60. The number of hydrogen-bond acceptors (Lipinski definition) is 3. The van der Waals surface area contributed by atoms with Gasteiger partial charge in [0, 0.05) is 6.42 Å². The van der Waals surface area contributed by atoms with Gasteiger partial charge in [-0.2, -0.15) is 10.5 Å². The van der Waals surface area contributed by atoms with E-state index in [9.17, 15) is 0 Å². The number of benzene rings is 1. The highest BCUT2D eigenvalue weighted by Crippen LogP contribution is 2.22. The van der Waals surface area contributed by atoms with Crippen LogP contribution in [0.3, 0.4) is 0 Å². The Kier molecular flexibility index (Phi) is 4.19. The molecule has 0 bridgehead atoms. The first-order valence-corrected chi connectivity index (χ1v) is 4.74. The Morgan fingerprint density at radius 2 is 2.13 bits per heavy atom. The fourth-order valence-corrected chi connectivity index (χ4v) is 1.28. The van der Waals surface area contributed by atoms with Crippen LogP contribution in [0, 0.1) is 22.7 Å². The molecule has 0 saturated carbocycles. The van der Waals surface area contributed by atoms with E-state index in [1.165, 1.54) is 0 Å². The zero-order valence-electron chi connectivity index (χ0n) is 8.60. The molecule has 1 unspecified atom stereocenters. The van der Waals surface area contributed by atoms with Gasteiger partial charge in [0.1, 0.15) is 11.8 Å². The molecule has 0 heterocycles. The summed E-state index contributed by atoms with van der Waals surface area (Å²) in [6.07, 6.45) is 0.488. The molecule has 0 spiro atoms. The Hall–Kier alpha value is -2.00. The SMILES string of the molecule is CC(CC#N)c1cccc(OCC#N)c1. The lowest BCUT2D eigenvalue weighted by Crippen LogP contribution is -1.96. The Morgan fingerprint density at radius 1 is 1.33 bits per heavy atom. The Morgan fingerprint density at radius 3 is 2.80 bits per heavy atom. The lowest BCUT2D eigenvalue weighted by molar-refractivity contribution is 0.367. The van der Waals surface area contributed by atoms with Gasteiger partial charge in [0.25, 0.3) is 0 Å². The Bertz CT molecular complexity index is 401. The fraction of sp³-hybridized carbons (Fsp3) is 0.333. The molecule has 0 aliphatic rings. The summed E-state index contributed by atoms with van der Waals surface area (Å²) in [6, 6.07) is 11.6. The first kappa shape index (κ1) is 11.1. The molecule has 0 fully saturated rings. The highest BCUT2D eigenvalue weighted by atomic mass is 16.5. The van der Waals surface area contributed by atoms with Crippen molar-refractivity contribution < 1.29 is 4.74 Å². The lowest BCUT2D eigenvalue weighted by Gasteiger charge is -2.09. The van der Waals surface area contributed by atoms with E-state index in [0.29, 0.717) is 12.2 Å². The zero-order chi connectivity index (χ0) is 11.1. The number of ether oxygens (including phenoxy) is 1. The van der Waals surface area contributed by atoms with Gasteiger partial charge >= 0.3 is 0 Å². The van der Waals surface area contributed by atoms with E-state index in [1.54, 1.807) is 6.07 Å². The highest BCUT2D eigenvalue weighted by molar-refractivity contribution is 5.31. The summed E-state index contributed by atoms with van der Waals surface area (Å²) in [5, 5.41) is 17.0. The van der Waals surface area contributed by atoms with Gasteiger partial charge in [-0.15, -0.1) is 0 Å². The molecule has 0 aromatic heterocycles. The predicted octanol–water partition coefficient (Wildman–Crippen LogP) is 2.61. The van der Waals surface area contributed by atoms with Crippen LogP contribution < -0.4 is 4.74 Å². The first-order valence-electron chi connectivity index (χ1n) is 4.74. The van der Waals surface area contributed by atoms with Crippen LogP contribution in [0.5, 0.6) is 5.75 Å². The molecule has 0 aliphatic heterocycles. The predicted molar refractivity (Wildman–Crippen MR) is 56.2 cm³/mol. The average Bonchev–Trinajstić information content (AvgIpc) is 2.27. The monoisotopic (exact) mass is 200 g/mol. The molecule has 76 valence electrons. The van der Waals surface area contributed by atoms with Crippen molar-refractivity contribution in [2.24, 2.45) is 0 Å². The molecular formula is C12H12N2O. The minimum absolute atomic E-state index is 0.0517. The van der Waals surface area contributed by atoms with E-state index >= 15 is 0 Å². The molecule has 0 aliphatic carbocycles. The fourth-order valence-electron chi connectivity index (χ4n) is 1.28. The van der Waals surface area contributed by atoms with Gasteiger partial charge in [0.2, 0.25) is 0 Å². The highest BCUT2D eigenvalue weighted by Gasteiger charge is 2.05. The number of nitrogens with zero attached hydrogens (tertiary/aromatic N) is 2. The Balaban J connectivity index is 2.75. The van der Waals surface area contributed by atoms with Crippen molar-refractivity contribution in [2.45, 2.75) is 19.3 Å². The van der Waals surface area contributed by atoms with Crippen molar-refractivity contribution in [3.8, 4) is 17.9 Å². The second kappa shape index (κ2) is 5.67. The third-order valence-corrected chi connectivity index (χ3v) is 2.13. The summed E-state index contributed by atoms with van der Waals surface area (Å²) in [7, 11) is 0. The molecule has 0 radical (unpaired) electrons. The van der Waals surface area contributed by atoms with Gasteiger partial charge in [-0.05, 0) is 23.6 Å². The summed E-state index contributed by atoms with van der Waals surface area (Å²) in [5.41, 5.74) is 1.06. The second-order valence-corrected chi connectivity index (χ2v) is 3.28. The minimum atomic E-state index is 0.0517. The molecule has 15 heavy (non-hydrogen) atoms. The molecule has 0 N–H and O–H groups in total. The quantitative estimate of drug-likeness (QED) is 0.750. The van der Waals surface area contributed by atoms with Gasteiger partial charge in [-0.25, -0.2) is 0 Å². The molecule has 0 saturated heterocycles. The van der Waals surface area contributed by atoms with Crippen molar-refractivity contribution in [1.82, 2.24) is 0 Å². The van der Waals surface area contributed by atoms with Crippen molar-refractivity contribution in [3.05, 3.63) is 29.8 Å². The van der Waals surface area contributed by atoms with E-state index < -0.39 is 0 Å². The second-order valence-electron chi connectivity index (χ2n) is 3.28. The van der Waals surface area contributed by atoms with Crippen LogP contribution in [-0.4, -0.2) is 6.61 Å². The van der Waals surface area contributed by atoms with Gasteiger partial charge < -0.3 is 4.74 Å². The van der Waals surface area contributed by atoms with Gasteiger partial charge in [-0.1, -0.05) is 19.1 Å². The van der Waals surface area contributed by atoms with E-state index in [0.717, 1.165) is 5.56 Å². The van der Waals surface area contributed by atoms with Crippen LogP contribution in [0.1, 0.15) is 24.8 Å². The third kappa shape index (κ3) is 3.32. The maximum Gasteiger partial charge on any atom is 0.174 e. The average molecular weight is 200 g/mol. The molecule has 1 rings (SSSR count). The first-order chi connectivity index (χ1) is 7.27. The van der Waals surface area contributed by atoms with E-state index in [1.807, 2.05) is 31.2 Å². The molecule has 1 atom stereocenters. The molecular weight excluding hydrogens is 188 g/mol. The third-order valence-electron chi connectivity index (χ3n) is 2.13. The van der Waals surface area contributed by atoms with Crippen molar-refractivity contribution in [2.75, 3.05) is 6.61 Å². The maximum atomic E-state index is 8.58. The van der Waals surface area contributed by atoms with Crippen LogP contribution >= 0.6 is 0 Å². The summed E-state index contributed by atoms with van der Waals surface area (Å²) in [5.74, 6) is 0.875. The van der Waals surface area contributed by atoms with E-state index in [2.05, 4.69) is 6.07 Å². The summed E-state index contributed by atoms with van der Waals surface area (Å²) >= 11 is 0. The van der Waals surface area contributed by atoms with Crippen LogP contribution in [0.2, 0.25) is 0 Å². The molecule has 1 aromatic carbocycles. The van der Waals surface area contributed by atoms with Crippen LogP contribution in [0.15, 0.2) is 24.3 Å². The summed E-state index contributed by atoms with van der Waals surface area (Å²) < 4.78 is 5.18. The standard InChI is InChI=1S/C12H12N2O/c1-10(5-6-13)11-3-2-4-12(9-11)15-8-7-14/h2-4,9-10H,5,8H2,1H3. The number of nitriles is 2. The summed E-state index contributed by atoms with van der Waals surface area (Å²) in [6.45, 7) is 2.04. The topological polar surface area (TPSA) is 56.8 Å². The van der Waals surface area contributed by atoms with Crippen LogP contribution in [0.4, 0.5) is 0 Å². The minimum Gasteiger partial charge on any atom is -0.479 e. The molecule has 0 amide bonds. The lowest BCUT2D eigenvalue weighted by atomic mass is 9.98. The largest absolute Gasteiger partial charge is 0.479 e. The van der Waals surface area contributed by atoms with Crippen molar-refractivity contribution in [3.63, 3.8) is 0 Å². The maximum absolute atomic E-state index is 8.58. The van der Waals surface area contributed by atoms with E-state index in [-0.39, 0.29) is 12.5 Å². The van der Waals surface area contributed by atoms with Crippen LogP contribution in [0.25, 0.3) is 0 Å². The van der Waals surface area contributed by atoms with Crippen molar-refractivity contribution in [1.29, 1.82) is 10.5 Å². The summed E-state index contributed by atoms with van der Waals surface area (Å²) in [4.78, 5) is 0. The normalized spacial score (nSPS) is 11.1. The van der Waals surface area contributed by atoms with Gasteiger partial charge in [-0.3, -0.25) is 0 Å². The van der Waals surface area contributed by atoms with Gasteiger partial charge in [0.15, 0.2) is 6.61 Å².